The van der Waals surface area contributed by atoms with Crippen LogP contribution in [-0.2, 0) is 14.8 Å². The molecule has 0 aliphatic rings. The lowest BCUT2D eigenvalue weighted by Gasteiger charge is -2.20. The maximum atomic E-state index is 12.1. The van der Waals surface area contributed by atoms with Gasteiger partial charge >= 0.3 is 0 Å². The van der Waals surface area contributed by atoms with Crippen LogP contribution in [0.1, 0.15) is 13.8 Å². The normalized spacial score (nSPS) is 12.4. The van der Waals surface area contributed by atoms with E-state index >= 15 is 0 Å². The summed E-state index contributed by atoms with van der Waals surface area (Å²) in [5.41, 5.74) is 9.71. The Hall–Kier alpha value is -1.19. The van der Waals surface area contributed by atoms with Crippen molar-refractivity contribution in [3.8, 4) is 0 Å². The van der Waals surface area contributed by atoms with Crippen molar-refractivity contribution >= 4 is 37.7 Å². The molecule has 7 nitrogen and oxygen atoms in total. The summed E-state index contributed by atoms with van der Waals surface area (Å²) < 4.78 is 26.9. The predicted octanol–water partition coefficient (Wildman–Crippen LogP) is 0.216. The molecule has 0 fully saturated rings. The molecule has 0 aromatic carbocycles. The van der Waals surface area contributed by atoms with Crippen LogP contribution in [0.2, 0.25) is 0 Å². The Labute approximate surface area is 119 Å². The third-order valence-electron chi connectivity index (χ3n) is 2.51. The van der Waals surface area contributed by atoms with E-state index < -0.39 is 21.3 Å². The van der Waals surface area contributed by atoms with Crippen LogP contribution in [-0.4, -0.2) is 25.9 Å². The number of halogens is 1. The molecular weight excluding hydrogens is 336 g/mol. The van der Waals surface area contributed by atoms with E-state index in [4.69, 9.17) is 11.5 Å². The largest absolute Gasteiger partial charge is 0.383 e. The number of hydrogen-bond donors (Lipinski definition) is 3. The molecule has 0 atom stereocenters. The average Bonchev–Trinajstić information content (AvgIpc) is 2.30. The first-order valence-corrected chi connectivity index (χ1v) is 7.54. The van der Waals surface area contributed by atoms with Crippen LogP contribution in [0.3, 0.4) is 0 Å². The number of aromatic nitrogens is 1. The number of nitrogens with one attached hydrogen (secondary N) is 1. The first kappa shape index (κ1) is 15.9. The number of rotatable bonds is 5. The summed E-state index contributed by atoms with van der Waals surface area (Å²) in [5, 5.41) is 0. The predicted molar refractivity (Wildman–Crippen MR) is 74.5 cm³/mol. The van der Waals surface area contributed by atoms with E-state index in [-0.39, 0.29) is 17.3 Å². The zero-order chi connectivity index (χ0) is 14.8. The van der Waals surface area contributed by atoms with Crippen molar-refractivity contribution in [2.45, 2.75) is 18.7 Å². The molecule has 5 N–H and O–H groups in total. The minimum Gasteiger partial charge on any atom is -0.383 e. The van der Waals surface area contributed by atoms with Gasteiger partial charge in [-0.2, -0.15) is 0 Å². The minimum atomic E-state index is -3.86. The minimum absolute atomic E-state index is 0.118. The van der Waals surface area contributed by atoms with Gasteiger partial charge in [-0.1, -0.05) is 0 Å². The summed E-state index contributed by atoms with van der Waals surface area (Å²) in [6.45, 7) is 2.96. The number of primary amides is 1. The number of carbonyl (C=O) groups excluding carboxylic acids is 1. The lowest BCUT2D eigenvalue weighted by Crippen LogP contribution is -2.42. The number of nitrogens with two attached hydrogens (primary N) is 2. The zero-order valence-electron chi connectivity index (χ0n) is 10.5. The molecular formula is C10H15BrN4O3S. The SMILES string of the molecule is CC(C)(CNS(=O)(=O)c1cc(Br)cnc1N)C(N)=O. The van der Waals surface area contributed by atoms with Gasteiger partial charge in [0.2, 0.25) is 15.9 Å². The third-order valence-corrected chi connectivity index (χ3v) is 4.37. The van der Waals surface area contributed by atoms with Crippen LogP contribution < -0.4 is 16.2 Å². The van der Waals surface area contributed by atoms with Gasteiger partial charge < -0.3 is 11.5 Å². The second kappa shape index (κ2) is 5.43. The fourth-order valence-electron chi connectivity index (χ4n) is 1.09. The van der Waals surface area contributed by atoms with Gasteiger partial charge in [-0.15, -0.1) is 0 Å². The van der Waals surface area contributed by atoms with E-state index in [1.54, 1.807) is 13.8 Å². The van der Waals surface area contributed by atoms with E-state index in [0.717, 1.165) is 0 Å². The molecule has 1 aromatic heterocycles. The number of sulfonamides is 1. The van der Waals surface area contributed by atoms with Crippen molar-refractivity contribution in [1.29, 1.82) is 0 Å². The van der Waals surface area contributed by atoms with Crippen molar-refractivity contribution < 1.29 is 13.2 Å². The second-order valence-electron chi connectivity index (χ2n) is 4.61. The molecule has 106 valence electrons. The van der Waals surface area contributed by atoms with Gasteiger partial charge in [0, 0.05) is 17.2 Å². The van der Waals surface area contributed by atoms with Crippen molar-refractivity contribution in [2.24, 2.45) is 11.1 Å². The molecule has 19 heavy (non-hydrogen) atoms. The van der Waals surface area contributed by atoms with Crippen molar-refractivity contribution in [3.63, 3.8) is 0 Å². The van der Waals surface area contributed by atoms with Crippen LogP contribution in [0.25, 0.3) is 0 Å². The topological polar surface area (TPSA) is 128 Å². The van der Waals surface area contributed by atoms with Gasteiger partial charge in [-0.3, -0.25) is 4.79 Å². The summed E-state index contributed by atoms with van der Waals surface area (Å²) in [7, 11) is -3.86. The molecule has 1 rings (SSSR count). The standard InChI is InChI=1S/C10H15BrN4O3S/c1-10(2,9(13)16)5-15-19(17,18)7-3-6(11)4-14-8(7)12/h3-4,15H,5H2,1-2H3,(H2,12,14)(H2,13,16). The third kappa shape index (κ3) is 3.88. The number of anilines is 1. The maximum Gasteiger partial charge on any atom is 0.244 e. The maximum absolute atomic E-state index is 12.1. The molecule has 0 radical (unpaired) electrons. The number of hydrogen-bond acceptors (Lipinski definition) is 5. The summed E-state index contributed by atoms with van der Waals surface area (Å²) in [6.07, 6.45) is 1.39. The Kier molecular flexibility index (Phi) is 4.54. The molecule has 1 heterocycles. The smallest absolute Gasteiger partial charge is 0.244 e. The molecule has 1 amide bonds. The number of carbonyl (C=O) groups is 1. The van der Waals surface area contributed by atoms with Crippen LogP contribution in [0.15, 0.2) is 21.6 Å². The number of amides is 1. The Morgan fingerprint density at radius 1 is 1.53 bits per heavy atom. The molecule has 0 aliphatic heterocycles. The Balaban J connectivity index is 3.00. The molecule has 0 bridgehead atoms. The van der Waals surface area contributed by atoms with Gasteiger partial charge in [0.05, 0.1) is 5.41 Å². The lowest BCUT2D eigenvalue weighted by atomic mass is 9.93. The van der Waals surface area contributed by atoms with E-state index in [1.807, 2.05) is 0 Å². The molecule has 0 aliphatic carbocycles. The van der Waals surface area contributed by atoms with Gasteiger partial charge in [0.15, 0.2) is 0 Å². The summed E-state index contributed by atoms with van der Waals surface area (Å²) in [5.74, 6) is -0.719. The van der Waals surface area contributed by atoms with Gasteiger partial charge in [-0.05, 0) is 35.8 Å². The van der Waals surface area contributed by atoms with E-state index in [0.29, 0.717) is 4.47 Å². The fraction of sp³-hybridized carbons (Fsp3) is 0.400. The van der Waals surface area contributed by atoms with Crippen LogP contribution in [0.4, 0.5) is 5.82 Å². The number of nitrogens with zero attached hydrogens (tertiary/aromatic N) is 1. The quantitative estimate of drug-likeness (QED) is 0.699. The second-order valence-corrected chi connectivity index (χ2v) is 7.26. The summed E-state index contributed by atoms with van der Waals surface area (Å²) >= 11 is 3.12. The van der Waals surface area contributed by atoms with E-state index in [9.17, 15) is 13.2 Å². The van der Waals surface area contributed by atoms with E-state index in [2.05, 4.69) is 25.6 Å². The highest BCUT2D eigenvalue weighted by Gasteiger charge is 2.28. The van der Waals surface area contributed by atoms with Gasteiger partial charge in [0.25, 0.3) is 0 Å². The number of pyridine rings is 1. The van der Waals surface area contributed by atoms with E-state index in [1.165, 1.54) is 12.3 Å². The molecule has 0 saturated heterocycles. The highest BCUT2D eigenvalue weighted by molar-refractivity contribution is 9.10. The Morgan fingerprint density at radius 2 is 2.11 bits per heavy atom. The van der Waals surface area contributed by atoms with Crippen LogP contribution in [0.5, 0.6) is 0 Å². The fourth-order valence-corrected chi connectivity index (χ4v) is 2.89. The van der Waals surface area contributed by atoms with Crippen LogP contribution in [0, 0.1) is 5.41 Å². The summed E-state index contributed by atoms with van der Waals surface area (Å²) in [4.78, 5) is 14.7. The molecule has 0 unspecified atom stereocenters. The first-order valence-electron chi connectivity index (χ1n) is 5.27. The number of nitrogen functional groups attached to an aromatic ring is 1. The van der Waals surface area contributed by atoms with Crippen LogP contribution >= 0.6 is 15.9 Å². The van der Waals surface area contributed by atoms with Gasteiger partial charge in [0.1, 0.15) is 10.7 Å². The lowest BCUT2D eigenvalue weighted by molar-refractivity contribution is -0.125. The molecule has 1 aromatic rings. The highest BCUT2D eigenvalue weighted by atomic mass is 79.9. The highest BCUT2D eigenvalue weighted by Crippen LogP contribution is 2.21. The monoisotopic (exact) mass is 350 g/mol. The van der Waals surface area contributed by atoms with Gasteiger partial charge in [-0.25, -0.2) is 18.1 Å². The van der Waals surface area contributed by atoms with Crippen molar-refractivity contribution in [2.75, 3.05) is 12.3 Å². The van der Waals surface area contributed by atoms with Crippen molar-refractivity contribution in [3.05, 3.63) is 16.7 Å². The first-order chi connectivity index (χ1) is 8.56. The Morgan fingerprint density at radius 3 is 2.63 bits per heavy atom. The Bertz CT molecular complexity index is 601. The average molecular weight is 351 g/mol. The van der Waals surface area contributed by atoms with Crippen molar-refractivity contribution in [1.82, 2.24) is 9.71 Å². The zero-order valence-corrected chi connectivity index (χ0v) is 12.9. The molecule has 0 spiro atoms. The molecule has 0 saturated carbocycles. The molecule has 9 heteroatoms. The summed E-state index contributed by atoms with van der Waals surface area (Å²) in [6, 6.07) is 1.34.